The molecule has 1 N–H and O–H groups in total. The van der Waals surface area contributed by atoms with E-state index in [0.29, 0.717) is 10.8 Å². The van der Waals surface area contributed by atoms with Gasteiger partial charge in [0.05, 0.1) is 20.7 Å². The maximum absolute atomic E-state index is 12.4. The number of hydrogen-bond donors (Lipinski definition) is 1. The normalized spacial score (nSPS) is 13.4. The highest BCUT2D eigenvalue weighted by Gasteiger charge is 2.24. The number of nitro groups is 1. The third-order valence-corrected chi connectivity index (χ3v) is 6.18. The molecule has 1 amide bonds. The Morgan fingerprint density at radius 1 is 1.22 bits per heavy atom. The molecule has 1 aliphatic heterocycles. The zero-order chi connectivity index (χ0) is 22.8. The predicted molar refractivity (Wildman–Crippen MR) is 123 cm³/mol. The Hall–Kier alpha value is -3.53. The SMILES string of the molecule is Cc1cc(C)c2nc(NC(=O)COC(=O)c3ccc(N4CCCC4)c([N+](=O)[O-])c3)sc2c1. The second-order valence-electron chi connectivity index (χ2n) is 7.73. The lowest BCUT2D eigenvalue weighted by molar-refractivity contribution is -0.384. The van der Waals surface area contributed by atoms with Gasteiger partial charge in [-0.2, -0.15) is 0 Å². The fourth-order valence-corrected chi connectivity index (χ4v) is 4.87. The van der Waals surface area contributed by atoms with Crippen LogP contribution in [-0.4, -0.2) is 41.5 Å². The molecule has 3 aromatic rings. The molecule has 1 aromatic heterocycles. The lowest BCUT2D eigenvalue weighted by atomic mass is 10.1. The maximum Gasteiger partial charge on any atom is 0.338 e. The van der Waals surface area contributed by atoms with Gasteiger partial charge in [0.2, 0.25) is 0 Å². The van der Waals surface area contributed by atoms with Gasteiger partial charge in [-0.3, -0.25) is 20.2 Å². The summed E-state index contributed by atoms with van der Waals surface area (Å²) in [5.41, 5.74) is 3.31. The minimum Gasteiger partial charge on any atom is -0.452 e. The number of nitrogens with zero attached hydrogens (tertiary/aromatic N) is 3. The number of fused-ring (bicyclic) bond motifs is 1. The predicted octanol–water partition coefficient (Wildman–Crippen LogP) is 4.22. The number of hydrogen-bond acceptors (Lipinski definition) is 8. The van der Waals surface area contributed by atoms with Crippen molar-refractivity contribution in [3.05, 3.63) is 57.1 Å². The number of rotatable bonds is 6. The first-order valence-corrected chi connectivity index (χ1v) is 11.0. The number of aryl methyl sites for hydroxylation is 2. The van der Waals surface area contributed by atoms with Crippen LogP contribution < -0.4 is 10.2 Å². The first-order chi connectivity index (χ1) is 15.3. The standard InChI is InChI=1S/C22H22N4O5S/c1-13-9-14(2)20-18(10-13)32-22(24-20)23-19(27)12-31-21(28)15-5-6-16(17(11-15)26(29)30)25-7-3-4-8-25/h5-6,9-11H,3-4,7-8,12H2,1-2H3,(H,23,24,27). The van der Waals surface area contributed by atoms with Gasteiger partial charge in [-0.25, -0.2) is 9.78 Å². The second-order valence-corrected chi connectivity index (χ2v) is 8.76. The van der Waals surface area contributed by atoms with E-state index in [0.717, 1.165) is 47.3 Å². The molecule has 0 saturated carbocycles. The van der Waals surface area contributed by atoms with Crippen molar-refractivity contribution in [3.63, 3.8) is 0 Å². The molecule has 1 aliphatic rings. The van der Waals surface area contributed by atoms with Crippen LogP contribution in [0.5, 0.6) is 0 Å². The van der Waals surface area contributed by atoms with E-state index in [2.05, 4.69) is 10.3 Å². The van der Waals surface area contributed by atoms with Crippen molar-refractivity contribution in [2.75, 3.05) is 29.9 Å². The van der Waals surface area contributed by atoms with Gasteiger partial charge in [-0.05, 0) is 56.0 Å². The van der Waals surface area contributed by atoms with Crippen molar-refractivity contribution in [1.29, 1.82) is 0 Å². The lowest BCUT2D eigenvalue weighted by Gasteiger charge is -2.17. The van der Waals surface area contributed by atoms with Crippen LogP contribution in [0, 0.1) is 24.0 Å². The Labute approximate surface area is 188 Å². The van der Waals surface area contributed by atoms with Crippen LogP contribution in [-0.2, 0) is 9.53 Å². The first-order valence-electron chi connectivity index (χ1n) is 10.2. The van der Waals surface area contributed by atoms with Gasteiger partial charge in [0.1, 0.15) is 5.69 Å². The second kappa shape index (κ2) is 8.91. The van der Waals surface area contributed by atoms with Crippen LogP contribution in [0.1, 0.15) is 34.3 Å². The molecule has 0 spiro atoms. The summed E-state index contributed by atoms with van der Waals surface area (Å²) in [6, 6.07) is 8.26. The van der Waals surface area contributed by atoms with Crippen LogP contribution in [0.3, 0.4) is 0 Å². The van der Waals surface area contributed by atoms with Crippen molar-refractivity contribution in [2.24, 2.45) is 0 Å². The highest BCUT2D eigenvalue weighted by molar-refractivity contribution is 7.22. The summed E-state index contributed by atoms with van der Waals surface area (Å²) >= 11 is 1.34. The van der Waals surface area contributed by atoms with E-state index in [4.69, 9.17) is 4.74 Å². The molecular weight excluding hydrogens is 432 g/mol. The molecule has 10 heteroatoms. The highest BCUT2D eigenvalue weighted by atomic mass is 32.1. The average molecular weight is 455 g/mol. The van der Waals surface area contributed by atoms with Gasteiger partial charge >= 0.3 is 5.97 Å². The molecule has 32 heavy (non-hydrogen) atoms. The van der Waals surface area contributed by atoms with Gasteiger partial charge in [-0.15, -0.1) is 0 Å². The molecule has 1 saturated heterocycles. The number of benzene rings is 2. The molecule has 0 bridgehead atoms. The molecule has 0 atom stereocenters. The van der Waals surface area contributed by atoms with Crippen molar-refractivity contribution < 1.29 is 19.2 Å². The maximum atomic E-state index is 12.4. The molecule has 166 valence electrons. The summed E-state index contributed by atoms with van der Waals surface area (Å²) in [5, 5.41) is 14.6. The Morgan fingerprint density at radius 2 is 1.97 bits per heavy atom. The van der Waals surface area contributed by atoms with Crippen LogP contribution in [0.4, 0.5) is 16.5 Å². The molecule has 2 aromatic carbocycles. The van der Waals surface area contributed by atoms with Gasteiger partial charge < -0.3 is 9.64 Å². The van der Waals surface area contributed by atoms with E-state index in [1.165, 1.54) is 23.5 Å². The Morgan fingerprint density at radius 3 is 2.69 bits per heavy atom. The van der Waals surface area contributed by atoms with Crippen molar-refractivity contribution in [2.45, 2.75) is 26.7 Å². The van der Waals surface area contributed by atoms with E-state index in [-0.39, 0.29) is 11.3 Å². The first kappa shape index (κ1) is 21.7. The fraction of sp³-hybridized carbons (Fsp3) is 0.318. The molecule has 1 fully saturated rings. The minimum atomic E-state index is -0.799. The summed E-state index contributed by atoms with van der Waals surface area (Å²) in [5.74, 6) is -1.33. The van der Waals surface area contributed by atoms with Crippen LogP contribution >= 0.6 is 11.3 Å². The van der Waals surface area contributed by atoms with E-state index in [1.807, 2.05) is 30.9 Å². The Bertz CT molecular complexity index is 1220. The number of nitro benzene ring substituents is 1. The number of nitrogens with one attached hydrogen (secondary N) is 1. The van der Waals surface area contributed by atoms with Crippen LogP contribution in [0.2, 0.25) is 0 Å². The molecular formula is C22H22N4O5S. The quantitative estimate of drug-likeness (QED) is 0.337. The van der Waals surface area contributed by atoms with Gasteiger partial charge in [0, 0.05) is 19.2 Å². The van der Waals surface area contributed by atoms with Gasteiger partial charge in [0.15, 0.2) is 11.7 Å². The fourth-order valence-electron chi connectivity index (χ4n) is 3.82. The topological polar surface area (TPSA) is 115 Å². The third-order valence-electron chi connectivity index (χ3n) is 5.27. The van der Waals surface area contributed by atoms with Gasteiger partial charge in [0.25, 0.3) is 11.6 Å². The molecule has 2 heterocycles. The molecule has 0 unspecified atom stereocenters. The number of anilines is 2. The van der Waals surface area contributed by atoms with Crippen molar-refractivity contribution in [1.82, 2.24) is 4.98 Å². The van der Waals surface area contributed by atoms with Gasteiger partial charge in [-0.1, -0.05) is 17.4 Å². The third kappa shape index (κ3) is 4.54. The number of esters is 1. The number of ether oxygens (including phenoxy) is 1. The number of aromatic nitrogens is 1. The Balaban J connectivity index is 1.41. The zero-order valence-corrected chi connectivity index (χ0v) is 18.5. The monoisotopic (exact) mass is 454 g/mol. The summed E-state index contributed by atoms with van der Waals surface area (Å²) in [6.45, 7) is 4.92. The molecule has 0 aliphatic carbocycles. The minimum absolute atomic E-state index is 0.0264. The Kier molecular flexibility index (Phi) is 6.04. The summed E-state index contributed by atoms with van der Waals surface area (Å²) in [6.07, 6.45) is 1.95. The lowest BCUT2D eigenvalue weighted by Crippen LogP contribution is -2.21. The number of amides is 1. The van der Waals surface area contributed by atoms with E-state index >= 15 is 0 Å². The highest BCUT2D eigenvalue weighted by Crippen LogP contribution is 2.32. The number of thiazole rings is 1. The largest absolute Gasteiger partial charge is 0.452 e. The van der Waals surface area contributed by atoms with E-state index < -0.39 is 23.4 Å². The van der Waals surface area contributed by atoms with Crippen LogP contribution in [0.15, 0.2) is 30.3 Å². The number of carbonyl (C=O) groups excluding carboxylic acids is 2. The van der Waals surface area contributed by atoms with E-state index in [9.17, 15) is 19.7 Å². The van der Waals surface area contributed by atoms with E-state index in [1.54, 1.807) is 6.07 Å². The smallest absolute Gasteiger partial charge is 0.338 e. The molecule has 4 rings (SSSR count). The molecule has 9 nitrogen and oxygen atoms in total. The van der Waals surface area contributed by atoms with Crippen LogP contribution in [0.25, 0.3) is 10.2 Å². The zero-order valence-electron chi connectivity index (χ0n) is 17.7. The summed E-state index contributed by atoms with van der Waals surface area (Å²) < 4.78 is 6.03. The van der Waals surface area contributed by atoms with Crippen molar-refractivity contribution >= 4 is 49.9 Å². The summed E-state index contributed by atoms with van der Waals surface area (Å²) in [7, 11) is 0. The molecule has 0 radical (unpaired) electrons. The summed E-state index contributed by atoms with van der Waals surface area (Å²) in [4.78, 5) is 42.0. The number of carbonyl (C=O) groups is 2. The average Bonchev–Trinajstić information content (AvgIpc) is 3.41. The van der Waals surface area contributed by atoms with Crippen molar-refractivity contribution in [3.8, 4) is 0 Å².